The smallest absolute Gasteiger partial charge is 0.254 e. The zero-order valence-electron chi connectivity index (χ0n) is 18.0. The normalized spacial score (nSPS) is 17.2. The molecule has 1 aliphatic carbocycles. The fraction of sp³-hybridized carbons (Fsp3) is 0.435. The summed E-state index contributed by atoms with van der Waals surface area (Å²) in [5, 5.41) is 0. The van der Waals surface area contributed by atoms with E-state index in [-0.39, 0.29) is 19.0 Å². The first-order valence-electron chi connectivity index (χ1n) is 10.6. The molecule has 1 aliphatic heterocycles. The summed E-state index contributed by atoms with van der Waals surface area (Å²) in [4.78, 5) is 15.0. The van der Waals surface area contributed by atoms with E-state index >= 15 is 0 Å². The first-order valence-corrected chi connectivity index (χ1v) is 12.0. The molecule has 7 nitrogen and oxygen atoms in total. The molecule has 1 saturated heterocycles. The van der Waals surface area contributed by atoms with Gasteiger partial charge in [-0.1, -0.05) is 6.07 Å². The van der Waals surface area contributed by atoms with Gasteiger partial charge in [0.25, 0.3) is 5.91 Å². The first-order chi connectivity index (χ1) is 14.9. The lowest BCUT2D eigenvalue weighted by Crippen LogP contribution is -2.50. The van der Waals surface area contributed by atoms with Gasteiger partial charge in [0, 0.05) is 37.8 Å². The number of methoxy groups -OCH3 is 2. The Morgan fingerprint density at radius 2 is 1.45 bits per heavy atom. The maximum atomic E-state index is 13.2. The van der Waals surface area contributed by atoms with Gasteiger partial charge in [-0.05, 0) is 61.1 Å². The SMILES string of the molecule is COc1cc(OC)cc(C(=O)N2CCN(S(=O)(=O)c3ccc4c(c3)CCCC4)CC2)c1. The Kier molecular flexibility index (Phi) is 6.20. The van der Waals surface area contributed by atoms with Crippen molar-refractivity contribution in [3.8, 4) is 11.5 Å². The van der Waals surface area contributed by atoms with E-state index in [1.165, 1.54) is 24.1 Å². The molecule has 2 aromatic carbocycles. The Labute approximate surface area is 183 Å². The summed E-state index contributed by atoms with van der Waals surface area (Å²) < 4.78 is 38.3. The Morgan fingerprint density at radius 1 is 0.839 bits per heavy atom. The van der Waals surface area contributed by atoms with Crippen LogP contribution in [0.3, 0.4) is 0 Å². The van der Waals surface area contributed by atoms with E-state index in [1.54, 1.807) is 29.2 Å². The molecule has 0 N–H and O–H groups in total. The summed E-state index contributed by atoms with van der Waals surface area (Å²) in [7, 11) is -0.505. The Bertz CT molecular complexity index is 1050. The molecular weight excluding hydrogens is 416 g/mol. The summed E-state index contributed by atoms with van der Waals surface area (Å²) >= 11 is 0. The van der Waals surface area contributed by atoms with Crippen LogP contribution in [0, 0.1) is 0 Å². The molecule has 0 radical (unpaired) electrons. The Hall–Kier alpha value is -2.58. The van der Waals surface area contributed by atoms with Crippen LogP contribution < -0.4 is 9.47 Å². The zero-order valence-corrected chi connectivity index (χ0v) is 18.8. The van der Waals surface area contributed by atoms with E-state index in [1.807, 2.05) is 12.1 Å². The number of carbonyl (C=O) groups excluding carboxylic acids is 1. The lowest BCUT2D eigenvalue weighted by Gasteiger charge is -2.34. The number of carbonyl (C=O) groups is 1. The minimum Gasteiger partial charge on any atom is -0.497 e. The summed E-state index contributed by atoms with van der Waals surface area (Å²) in [6, 6.07) is 10.6. The number of fused-ring (bicyclic) bond motifs is 1. The topological polar surface area (TPSA) is 76.2 Å². The predicted octanol–water partition coefficient (Wildman–Crippen LogP) is 2.73. The fourth-order valence-corrected chi connectivity index (χ4v) is 5.74. The second kappa shape index (κ2) is 8.88. The van der Waals surface area contributed by atoms with Crippen LogP contribution in [0.2, 0.25) is 0 Å². The van der Waals surface area contributed by atoms with Gasteiger partial charge in [-0.25, -0.2) is 8.42 Å². The Balaban J connectivity index is 1.46. The first kappa shape index (κ1) is 21.6. The van der Waals surface area contributed by atoms with Gasteiger partial charge in [0.05, 0.1) is 19.1 Å². The van der Waals surface area contributed by atoms with Gasteiger partial charge in [-0.3, -0.25) is 4.79 Å². The van der Waals surface area contributed by atoms with Crippen molar-refractivity contribution in [2.45, 2.75) is 30.6 Å². The average Bonchev–Trinajstić information content (AvgIpc) is 2.82. The van der Waals surface area contributed by atoms with Crippen LogP contribution in [-0.2, 0) is 22.9 Å². The molecule has 0 bridgehead atoms. The van der Waals surface area contributed by atoms with E-state index in [2.05, 4.69) is 0 Å². The van der Waals surface area contributed by atoms with E-state index in [0.29, 0.717) is 35.0 Å². The van der Waals surface area contributed by atoms with E-state index in [0.717, 1.165) is 31.2 Å². The number of hydrogen-bond donors (Lipinski definition) is 0. The molecule has 0 unspecified atom stereocenters. The van der Waals surface area contributed by atoms with Crippen molar-refractivity contribution in [3.05, 3.63) is 53.1 Å². The number of amides is 1. The van der Waals surface area contributed by atoms with Crippen LogP contribution in [0.15, 0.2) is 41.3 Å². The van der Waals surface area contributed by atoms with Crippen molar-refractivity contribution in [1.29, 1.82) is 0 Å². The van der Waals surface area contributed by atoms with Crippen LogP contribution >= 0.6 is 0 Å². The molecule has 0 spiro atoms. The molecule has 4 rings (SSSR count). The third-order valence-corrected chi connectivity index (χ3v) is 7.98. The second-order valence-electron chi connectivity index (χ2n) is 7.94. The molecule has 1 heterocycles. The van der Waals surface area contributed by atoms with Crippen LogP contribution in [0.4, 0.5) is 0 Å². The molecule has 0 saturated carbocycles. The number of hydrogen-bond acceptors (Lipinski definition) is 5. The molecule has 2 aliphatic rings. The van der Waals surface area contributed by atoms with E-state index in [4.69, 9.17) is 9.47 Å². The highest BCUT2D eigenvalue weighted by molar-refractivity contribution is 7.89. The summed E-state index contributed by atoms with van der Waals surface area (Å²) in [6.45, 7) is 1.21. The number of sulfonamides is 1. The number of ether oxygens (including phenoxy) is 2. The minimum absolute atomic E-state index is 0.164. The largest absolute Gasteiger partial charge is 0.497 e. The number of benzene rings is 2. The molecule has 31 heavy (non-hydrogen) atoms. The van der Waals surface area contributed by atoms with Gasteiger partial charge in [0.2, 0.25) is 10.0 Å². The highest BCUT2D eigenvalue weighted by atomic mass is 32.2. The molecule has 8 heteroatoms. The van der Waals surface area contributed by atoms with Crippen molar-refractivity contribution in [1.82, 2.24) is 9.21 Å². The van der Waals surface area contributed by atoms with Crippen LogP contribution in [0.5, 0.6) is 11.5 Å². The molecule has 166 valence electrons. The van der Waals surface area contributed by atoms with Crippen LogP contribution in [0.25, 0.3) is 0 Å². The molecular formula is C23H28N2O5S. The van der Waals surface area contributed by atoms with Crippen molar-refractivity contribution in [3.63, 3.8) is 0 Å². The van der Waals surface area contributed by atoms with E-state index < -0.39 is 10.0 Å². The van der Waals surface area contributed by atoms with Crippen molar-refractivity contribution in [2.75, 3.05) is 40.4 Å². The fourth-order valence-electron chi connectivity index (χ4n) is 4.26. The van der Waals surface area contributed by atoms with Crippen LogP contribution in [-0.4, -0.2) is 63.9 Å². The molecule has 1 fully saturated rings. The Morgan fingerprint density at radius 3 is 2.06 bits per heavy atom. The summed E-state index contributed by atoms with van der Waals surface area (Å²) in [5.41, 5.74) is 2.87. The second-order valence-corrected chi connectivity index (χ2v) is 9.87. The minimum atomic E-state index is -3.58. The van der Waals surface area contributed by atoms with Crippen molar-refractivity contribution >= 4 is 15.9 Å². The quantitative estimate of drug-likeness (QED) is 0.709. The number of rotatable bonds is 5. The average molecular weight is 445 g/mol. The lowest BCUT2D eigenvalue weighted by atomic mass is 9.92. The van der Waals surface area contributed by atoms with Gasteiger partial charge >= 0.3 is 0 Å². The maximum absolute atomic E-state index is 13.2. The van der Waals surface area contributed by atoms with Gasteiger partial charge in [0.1, 0.15) is 11.5 Å². The van der Waals surface area contributed by atoms with Crippen molar-refractivity contribution < 1.29 is 22.7 Å². The molecule has 0 atom stereocenters. The molecule has 1 amide bonds. The van der Waals surface area contributed by atoms with Gasteiger partial charge < -0.3 is 14.4 Å². The highest BCUT2D eigenvalue weighted by Gasteiger charge is 2.31. The highest BCUT2D eigenvalue weighted by Crippen LogP contribution is 2.27. The lowest BCUT2D eigenvalue weighted by molar-refractivity contribution is 0.0697. The summed E-state index contributed by atoms with van der Waals surface area (Å²) in [5.74, 6) is 0.913. The third kappa shape index (κ3) is 4.41. The standard InChI is InChI=1S/C23H28N2O5S/c1-29-20-13-19(14-21(16-20)30-2)23(26)24-9-11-25(12-10-24)31(27,28)22-8-7-17-5-3-4-6-18(17)15-22/h7-8,13-16H,3-6,9-12H2,1-2H3. The van der Waals surface area contributed by atoms with Gasteiger partial charge in [-0.15, -0.1) is 0 Å². The monoisotopic (exact) mass is 444 g/mol. The number of aryl methyl sites for hydroxylation is 2. The maximum Gasteiger partial charge on any atom is 0.254 e. The summed E-state index contributed by atoms with van der Waals surface area (Å²) in [6.07, 6.45) is 4.22. The van der Waals surface area contributed by atoms with E-state index in [9.17, 15) is 13.2 Å². The number of piperazine rings is 1. The van der Waals surface area contributed by atoms with Gasteiger partial charge in [0.15, 0.2) is 0 Å². The van der Waals surface area contributed by atoms with Gasteiger partial charge in [-0.2, -0.15) is 4.31 Å². The molecule has 0 aromatic heterocycles. The third-order valence-electron chi connectivity index (χ3n) is 6.08. The molecule has 2 aromatic rings. The number of nitrogens with zero attached hydrogens (tertiary/aromatic N) is 2. The predicted molar refractivity (Wildman–Crippen MR) is 117 cm³/mol. The van der Waals surface area contributed by atoms with Crippen LogP contribution in [0.1, 0.15) is 34.3 Å². The van der Waals surface area contributed by atoms with Crippen molar-refractivity contribution in [2.24, 2.45) is 0 Å². The zero-order chi connectivity index (χ0) is 22.0.